The highest BCUT2D eigenvalue weighted by Crippen LogP contribution is 2.25. The molecule has 108 valence electrons. The second-order valence-corrected chi connectivity index (χ2v) is 5.17. The molecule has 1 N–H and O–H groups in total. The monoisotopic (exact) mass is 285 g/mol. The minimum Gasteiger partial charge on any atom is -0.490 e. The third kappa shape index (κ3) is 6.81. The molecule has 0 heterocycles. The van der Waals surface area contributed by atoms with E-state index in [4.69, 9.17) is 21.1 Å². The zero-order valence-corrected chi connectivity index (χ0v) is 12.8. The van der Waals surface area contributed by atoms with E-state index in [0.717, 1.165) is 30.9 Å². The molecule has 0 amide bonds. The summed E-state index contributed by atoms with van der Waals surface area (Å²) in [6.45, 7) is 9.05. The van der Waals surface area contributed by atoms with E-state index in [1.54, 1.807) is 0 Å². The van der Waals surface area contributed by atoms with Gasteiger partial charge >= 0.3 is 0 Å². The Hall–Kier alpha value is -0.770. The maximum atomic E-state index is 6.19. The van der Waals surface area contributed by atoms with Crippen LogP contribution in [-0.4, -0.2) is 25.9 Å². The standard InChI is InChI=1S/C15H24ClNO2/c1-4-7-18-8-9-19-15-6-5-13(10-14(15)16)11-17-12(2)3/h5-6,10,12,17H,4,7-9,11H2,1-3H3. The van der Waals surface area contributed by atoms with Gasteiger partial charge in [-0.2, -0.15) is 0 Å². The summed E-state index contributed by atoms with van der Waals surface area (Å²) in [4.78, 5) is 0. The average Bonchev–Trinajstić information content (AvgIpc) is 2.38. The van der Waals surface area contributed by atoms with Crippen molar-refractivity contribution >= 4 is 11.6 Å². The molecule has 0 spiro atoms. The van der Waals surface area contributed by atoms with Gasteiger partial charge in [0.15, 0.2) is 0 Å². The summed E-state index contributed by atoms with van der Waals surface area (Å²) in [5.41, 5.74) is 1.16. The lowest BCUT2D eigenvalue weighted by molar-refractivity contribution is 0.101. The molecule has 0 aliphatic rings. The zero-order chi connectivity index (χ0) is 14.1. The van der Waals surface area contributed by atoms with Gasteiger partial charge in [0.1, 0.15) is 12.4 Å². The van der Waals surface area contributed by atoms with E-state index in [1.165, 1.54) is 0 Å². The fourth-order valence-electron chi connectivity index (χ4n) is 1.55. The highest BCUT2D eigenvalue weighted by molar-refractivity contribution is 6.32. The molecule has 0 unspecified atom stereocenters. The fourth-order valence-corrected chi connectivity index (χ4v) is 1.81. The molecule has 0 radical (unpaired) electrons. The number of ether oxygens (including phenoxy) is 2. The molecule has 0 saturated carbocycles. The van der Waals surface area contributed by atoms with Gasteiger partial charge in [0.05, 0.1) is 11.6 Å². The van der Waals surface area contributed by atoms with Gasteiger partial charge in [-0.3, -0.25) is 0 Å². The average molecular weight is 286 g/mol. The third-order valence-corrected chi connectivity index (χ3v) is 2.84. The van der Waals surface area contributed by atoms with Gasteiger partial charge in [-0.15, -0.1) is 0 Å². The van der Waals surface area contributed by atoms with Crippen LogP contribution in [0.4, 0.5) is 0 Å². The van der Waals surface area contributed by atoms with Crippen molar-refractivity contribution in [2.24, 2.45) is 0 Å². The van der Waals surface area contributed by atoms with Gasteiger partial charge in [-0.25, -0.2) is 0 Å². The summed E-state index contributed by atoms with van der Waals surface area (Å²) in [7, 11) is 0. The fraction of sp³-hybridized carbons (Fsp3) is 0.600. The summed E-state index contributed by atoms with van der Waals surface area (Å²) in [5.74, 6) is 0.718. The Morgan fingerprint density at radius 2 is 2.00 bits per heavy atom. The molecule has 0 atom stereocenters. The van der Waals surface area contributed by atoms with Crippen molar-refractivity contribution < 1.29 is 9.47 Å². The number of benzene rings is 1. The number of halogens is 1. The lowest BCUT2D eigenvalue weighted by Crippen LogP contribution is -2.21. The quantitative estimate of drug-likeness (QED) is 0.703. The topological polar surface area (TPSA) is 30.5 Å². The van der Waals surface area contributed by atoms with Crippen molar-refractivity contribution in [3.05, 3.63) is 28.8 Å². The van der Waals surface area contributed by atoms with E-state index in [2.05, 4.69) is 26.1 Å². The predicted octanol–water partition coefficient (Wildman–Crippen LogP) is 3.64. The van der Waals surface area contributed by atoms with Crippen molar-refractivity contribution in [2.45, 2.75) is 39.8 Å². The Morgan fingerprint density at radius 1 is 1.21 bits per heavy atom. The molecule has 0 saturated heterocycles. The summed E-state index contributed by atoms with van der Waals surface area (Å²) in [6.07, 6.45) is 1.03. The predicted molar refractivity (Wildman–Crippen MR) is 80.0 cm³/mol. The van der Waals surface area contributed by atoms with E-state index in [9.17, 15) is 0 Å². The van der Waals surface area contributed by atoms with Crippen molar-refractivity contribution in [1.29, 1.82) is 0 Å². The molecule has 3 nitrogen and oxygen atoms in total. The Balaban J connectivity index is 2.39. The van der Waals surface area contributed by atoms with Gasteiger partial charge in [0.2, 0.25) is 0 Å². The second kappa shape index (κ2) is 9.18. The lowest BCUT2D eigenvalue weighted by Gasteiger charge is -2.11. The number of rotatable bonds is 9. The molecule has 0 aromatic heterocycles. The third-order valence-electron chi connectivity index (χ3n) is 2.54. The Morgan fingerprint density at radius 3 is 2.63 bits per heavy atom. The highest BCUT2D eigenvalue weighted by Gasteiger charge is 2.03. The molecule has 1 rings (SSSR count). The molecule has 0 fully saturated rings. The van der Waals surface area contributed by atoms with Gasteiger partial charge in [-0.1, -0.05) is 38.4 Å². The zero-order valence-electron chi connectivity index (χ0n) is 12.0. The molecule has 1 aromatic rings. The van der Waals surface area contributed by atoms with Gasteiger partial charge in [0.25, 0.3) is 0 Å². The molecule has 0 aliphatic heterocycles. The molecule has 19 heavy (non-hydrogen) atoms. The molecular formula is C15H24ClNO2. The first-order valence-electron chi connectivity index (χ1n) is 6.85. The first-order chi connectivity index (χ1) is 9.13. The van der Waals surface area contributed by atoms with E-state index in [0.29, 0.717) is 24.3 Å². The SMILES string of the molecule is CCCOCCOc1ccc(CNC(C)C)cc1Cl. The van der Waals surface area contributed by atoms with Crippen LogP contribution < -0.4 is 10.1 Å². The summed E-state index contributed by atoms with van der Waals surface area (Å²) >= 11 is 6.19. The Labute approximate surface area is 121 Å². The largest absolute Gasteiger partial charge is 0.490 e. The number of nitrogens with one attached hydrogen (secondary N) is 1. The van der Waals surface area contributed by atoms with Crippen molar-refractivity contribution in [3.63, 3.8) is 0 Å². The van der Waals surface area contributed by atoms with E-state index in [-0.39, 0.29) is 0 Å². The number of hydrogen-bond donors (Lipinski definition) is 1. The molecular weight excluding hydrogens is 262 g/mol. The van der Waals surface area contributed by atoms with E-state index in [1.807, 2.05) is 18.2 Å². The molecule has 1 aromatic carbocycles. The first-order valence-corrected chi connectivity index (χ1v) is 7.23. The van der Waals surface area contributed by atoms with Crippen LogP contribution in [0.2, 0.25) is 5.02 Å². The molecule has 4 heteroatoms. The minimum atomic E-state index is 0.463. The van der Waals surface area contributed by atoms with Gasteiger partial charge in [0, 0.05) is 19.2 Å². The van der Waals surface area contributed by atoms with Crippen LogP contribution in [0.3, 0.4) is 0 Å². The van der Waals surface area contributed by atoms with Crippen LogP contribution in [0, 0.1) is 0 Å². The first kappa shape index (κ1) is 16.3. The molecule has 0 bridgehead atoms. The molecule has 0 aliphatic carbocycles. The van der Waals surface area contributed by atoms with Crippen LogP contribution in [0.1, 0.15) is 32.8 Å². The minimum absolute atomic E-state index is 0.463. The van der Waals surface area contributed by atoms with E-state index < -0.39 is 0 Å². The van der Waals surface area contributed by atoms with Crippen molar-refractivity contribution in [3.8, 4) is 5.75 Å². The maximum Gasteiger partial charge on any atom is 0.138 e. The maximum absolute atomic E-state index is 6.19. The van der Waals surface area contributed by atoms with Crippen LogP contribution in [0.25, 0.3) is 0 Å². The smallest absolute Gasteiger partial charge is 0.138 e. The van der Waals surface area contributed by atoms with E-state index >= 15 is 0 Å². The Kier molecular flexibility index (Phi) is 7.87. The van der Waals surface area contributed by atoms with Crippen molar-refractivity contribution in [2.75, 3.05) is 19.8 Å². The lowest BCUT2D eigenvalue weighted by atomic mass is 10.2. The normalized spacial score (nSPS) is 11.0. The summed E-state index contributed by atoms with van der Waals surface area (Å²) < 4.78 is 10.9. The number of hydrogen-bond acceptors (Lipinski definition) is 3. The van der Waals surface area contributed by atoms with Crippen LogP contribution in [0.15, 0.2) is 18.2 Å². The van der Waals surface area contributed by atoms with Gasteiger partial charge < -0.3 is 14.8 Å². The second-order valence-electron chi connectivity index (χ2n) is 4.76. The highest BCUT2D eigenvalue weighted by atomic mass is 35.5. The van der Waals surface area contributed by atoms with Crippen LogP contribution in [-0.2, 0) is 11.3 Å². The van der Waals surface area contributed by atoms with Crippen LogP contribution in [0.5, 0.6) is 5.75 Å². The summed E-state index contributed by atoms with van der Waals surface area (Å²) in [6, 6.07) is 6.35. The Bertz CT molecular complexity index is 369. The van der Waals surface area contributed by atoms with Gasteiger partial charge in [-0.05, 0) is 24.1 Å². The summed E-state index contributed by atoms with van der Waals surface area (Å²) in [5, 5.41) is 4.01. The van der Waals surface area contributed by atoms with Crippen molar-refractivity contribution in [1.82, 2.24) is 5.32 Å². The van der Waals surface area contributed by atoms with Crippen LogP contribution >= 0.6 is 11.6 Å².